The molecule has 2 amide bonds. The van der Waals surface area contributed by atoms with Crippen LogP contribution in [0.5, 0.6) is 0 Å². The van der Waals surface area contributed by atoms with Crippen LogP contribution in [0.3, 0.4) is 0 Å². The number of amides is 2. The lowest BCUT2D eigenvalue weighted by Gasteiger charge is -2.15. The topological polar surface area (TPSA) is 101 Å². The number of benzene rings is 1. The van der Waals surface area contributed by atoms with Crippen molar-refractivity contribution in [3.63, 3.8) is 0 Å². The minimum absolute atomic E-state index is 0. The predicted molar refractivity (Wildman–Crippen MR) is 91.1 cm³/mol. The number of rotatable bonds is 8. The van der Waals surface area contributed by atoms with Gasteiger partial charge in [-0.2, -0.15) is 0 Å². The SMILES string of the molecule is CCCC(N)C(=O)C(=O)NCC(=O)NC(C)c1ccccc1.Cl. The third-order valence-corrected chi connectivity index (χ3v) is 3.25. The fourth-order valence-electron chi connectivity index (χ4n) is 1.98. The molecule has 0 heterocycles. The molecule has 2 atom stereocenters. The van der Waals surface area contributed by atoms with Gasteiger partial charge in [0.1, 0.15) is 0 Å². The van der Waals surface area contributed by atoms with Crippen LogP contribution >= 0.6 is 12.4 Å². The molecule has 0 fully saturated rings. The van der Waals surface area contributed by atoms with E-state index in [4.69, 9.17) is 5.73 Å². The van der Waals surface area contributed by atoms with Gasteiger partial charge in [0, 0.05) is 0 Å². The molecule has 0 saturated heterocycles. The van der Waals surface area contributed by atoms with E-state index < -0.39 is 17.7 Å². The molecule has 128 valence electrons. The lowest BCUT2D eigenvalue weighted by atomic mass is 10.1. The van der Waals surface area contributed by atoms with Gasteiger partial charge in [0.2, 0.25) is 11.7 Å². The number of hydrogen-bond acceptors (Lipinski definition) is 4. The van der Waals surface area contributed by atoms with Crippen LogP contribution < -0.4 is 16.4 Å². The van der Waals surface area contributed by atoms with Gasteiger partial charge in [0.25, 0.3) is 5.91 Å². The molecule has 0 spiro atoms. The van der Waals surface area contributed by atoms with Gasteiger partial charge in [-0.25, -0.2) is 0 Å². The molecule has 0 aliphatic heterocycles. The molecule has 1 aromatic carbocycles. The van der Waals surface area contributed by atoms with Crippen molar-refractivity contribution in [1.82, 2.24) is 10.6 Å². The van der Waals surface area contributed by atoms with E-state index in [1.54, 1.807) is 0 Å². The Hall–Kier alpha value is -1.92. The Bertz CT molecular complexity index is 523. The fraction of sp³-hybridized carbons (Fsp3) is 0.438. The monoisotopic (exact) mass is 341 g/mol. The Kier molecular flexibility index (Phi) is 9.85. The van der Waals surface area contributed by atoms with Crippen molar-refractivity contribution in [1.29, 1.82) is 0 Å². The summed E-state index contributed by atoms with van der Waals surface area (Å²) in [5.41, 5.74) is 6.54. The number of ketones is 1. The highest BCUT2D eigenvalue weighted by atomic mass is 35.5. The van der Waals surface area contributed by atoms with Crippen molar-refractivity contribution in [3.8, 4) is 0 Å². The Morgan fingerprint density at radius 3 is 2.35 bits per heavy atom. The summed E-state index contributed by atoms with van der Waals surface area (Å²) >= 11 is 0. The number of halogens is 1. The second-order valence-electron chi connectivity index (χ2n) is 5.14. The summed E-state index contributed by atoms with van der Waals surface area (Å²) in [6.45, 7) is 3.47. The highest BCUT2D eigenvalue weighted by Crippen LogP contribution is 2.10. The molecular weight excluding hydrogens is 318 g/mol. The first-order chi connectivity index (χ1) is 10.5. The van der Waals surface area contributed by atoms with Gasteiger partial charge >= 0.3 is 0 Å². The summed E-state index contributed by atoms with van der Waals surface area (Å²) in [5.74, 6) is -1.87. The van der Waals surface area contributed by atoms with Crippen LogP contribution in [0, 0.1) is 0 Å². The number of hydrogen-bond donors (Lipinski definition) is 3. The average Bonchev–Trinajstić information content (AvgIpc) is 2.52. The zero-order valence-corrected chi connectivity index (χ0v) is 14.2. The molecule has 1 aromatic rings. The average molecular weight is 342 g/mol. The van der Waals surface area contributed by atoms with Gasteiger partial charge in [-0.1, -0.05) is 43.7 Å². The number of carbonyl (C=O) groups excluding carboxylic acids is 3. The van der Waals surface area contributed by atoms with Crippen LogP contribution in [0.2, 0.25) is 0 Å². The second-order valence-corrected chi connectivity index (χ2v) is 5.14. The van der Waals surface area contributed by atoms with Crippen molar-refractivity contribution in [2.45, 2.75) is 38.8 Å². The first-order valence-electron chi connectivity index (χ1n) is 7.37. The molecule has 23 heavy (non-hydrogen) atoms. The van der Waals surface area contributed by atoms with Gasteiger partial charge in [0.15, 0.2) is 0 Å². The van der Waals surface area contributed by atoms with Gasteiger partial charge in [-0.3, -0.25) is 14.4 Å². The molecule has 0 aromatic heterocycles. The minimum Gasteiger partial charge on any atom is -0.348 e. The van der Waals surface area contributed by atoms with Crippen LogP contribution in [0.1, 0.15) is 38.3 Å². The summed E-state index contributed by atoms with van der Waals surface area (Å²) in [4.78, 5) is 35.0. The van der Waals surface area contributed by atoms with E-state index in [9.17, 15) is 14.4 Å². The summed E-state index contributed by atoms with van der Waals surface area (Å²) in [6, 6.07) is 8.47. The van der Waals surface area contributed by atoms with E-state index in [0.717, 1.165) is 12.0 Å². The molecule has 0 aliphatic rings. The van der Waals surface area contributed by atoms with E-state index in [2.05, 4.69) is 10.6 Å². The quantitative estimate of drug-likeness (QED) is 0.616. The Morgan fingerprint density at radius 2 is 1.78 bits per heavy atom. The zero-order chi connectivity index (χ0) is 16.5. The van der Waals surface area contributed by atoms with Gasteiger partial charge in [-0.15, -0.1) is 12.4 Å². The molecule has 1 rings (SSSR count). The summed E-state index contributed by atoms with van der Waals surface area (Å²) < 4.78 is 0. The Labute approximate surface area is 142 Å². The number of nitrogens with one attached hydrogen (secondary N) is 2. The smallest absolute Gasteiger partial charge is 0.289 e. The number of carbonyl (C=O) groups is 3. The van der Waals surface area contributed by atoms with Gasteiger partial charge < -0.3 is 16.4 Å². The fourth-order valence-corrected chi connectivity index (χ4v) is 1.98. The molecule has 6 nitrogen and oxygen atoms in total. The van der Waals surface area contributed by atoms with Crippen LogP contribution in [-0.4, -0.2) is 30.2 Å². The van der Waals surface area contributed by atoms with E-state index in [0.29, 0.717) is 6.42 Å². The maximum absolute atomic E-state index is 11.8. The lowest BCUT2D eigenvalue weighted by molar-refractivity contribution is -0.139. The lowest BCUT2D eigenvalue weighted by Crippen LogP contribution is -2.45. The molecule has 2 unspecified atom stereocenters. The maximum Gasteiger partial charge on any atom is 0.289 e. The van der Waals surface area contributed by atoms with Gasteiger partial charge in [-0.05, 0) is 18.9 Å². The van der Waals surface area contributed by atoms with Crippen LogP contribution in [0.4, 0.5) is 0 Å². The van der Waals surface area contributed by atoms with Crippen molar-refractivity contribution in [3.05, 3.63) is 35.9 Å². The highest BCUT2D eigenvalue weighted by Gasteiger charge is 2.21. The molecule has 0 radical (unpaired) electrons. The van der Waals surface area contributed by atoms with Crippen molar-refractivity contribution >= 4 is 30.0 Å². The molecule has 0 bridgehead atoms. The van der Waals surface area contributed by atoms with Gasteiger partial charge in [0.05, 0.1) is 18.6 Å². The number of nitrogens with two attached hydrogens (primary N) is 1. The molecule has 4 N–H and O–H groups in total. The molecule has 0 saturated carbocycles. The number of Topliss-reactive ketones (excluding diaryl/α,β-unsaturated/α-hetero) is 1. The van der Waals surface area contributed by atoms with Crippen LogP contribution in [0.25, 0.3) is 0 Å². The predicted octanol–water partition coefficient (Wildman–Crippen LogP) is 1.10. The maximum atomic E-state index is 11.8. The molecule has 0 aliphatic carbocycles. The van der Waals surface area contributed by atoms with E-state index in [1.807, 2.05) is 44.2 Å². The van der Waals surface area contributed by atoms with E-state index in [1.165, 1.54) is 0 Å². The Morgan fingerprint density at radius 1 is 1.17 bits per heavy atom. The normalized spacial score (nSPS) is 12.5. The van der Waals surface area contributed by atoms with Crippen molar-refractivity contribution in [2.75, 3.05) is 6.54 Å². The third kappa shape index (κ3) is 7.25. The van der Waals surface area contributed by atoms with Crippen LogP contribution in [-0.2, 0) is 14.4 Å². The van der Waals surface area contributed by atoms with E-state index in [-0.39, 0.29) is 30.9 Å². The van der Waals surface area contributed by atoms with Crippen molar-refractivity contribution < 1.29 is 14.4 Å². The summed E-state index contributed by atoms with van der Waals surface area (Å²) in [5, 5.41) is 5.05. The first-order valence-corrected chi connectivity index (χ1v) is 7.37. The minimum atomic E-state index is -0.816. The second kappa shape index (κ2) is 10.7. The highest BCUT2D eigenvalue weighted by molar-refractivity contribution is 6.38. The van der Waals surface area contributed by atoms with Crippen molar-refractivity contribution in [2.24, 2.45) is 5.73 Å². The van der Waals surface area contributed by atoms with Crippen LogP contribution in [0.15, 0.2) is 30.3 Å². The molecule has 7 heteroatoms. The molecular formula is C16H24ClN3O3. The summed E-state index contributed by atoms with van der Waals surface area (Å²) in [6.07, 6.45) is 1.17. The standard InChI is InChI=1S/C16H23N3O3.ClH/c1-3-7-13(17)15(21)16(22)18-10-14(20)19-11(2)12-8-5-4-6-9-12;/h4-6,8-9,11,13H,3,7,10,17H2,1-2H3,(H,18,22)(H,19,20);1H. The zero-order valence-electron chi connectivity index (χ0n) is 13.4. The Balaban J connectivity index is 0.00000484. The third-order valence-electron chi connectivity index (χ3n) is 3.25. The summed E-state index contributed by atoms with van der Waals surface area (Å²) in [7, 11) is 0. The largest absolute Gasteiger partial charge is 0.348 e. The van der Waals surface area contributed by atoms with E-state index >= 15 is 0 Å². The first kappa shape index (κ1) is 21.1.